The molecule has 0 saturated carbocycles. The maximum atomic E-state index is 11.3. The van der Waals surface area contributed by atoms with Gasteiger partial charge in [0.15, 0.2) is 0 Å². The Bertz CT molecular complexity index is 619. The molecule has 0 aliphatic carbocycles. The predicted molar refractivity (Wildman–Crippen MR) is 71.0 cm³/mol. The SMILES string of the molecule is COCC(=O)Nc1cnn(-c2ccc(C(=O)O)cc2)c1. The van der Waals surface area contributed by atoms with Crippen LogP contribution in [0, 0.1) is 0 Å². The number of nitrogens with zero attached hydrogens (tertiary/aromatic N) is 2. The average molecular weight is 275 g/mol. The first-order valence-electron chi connectivity index (χ1n) is 5.77. The van der Waals surface area contributed by atoms with Crippen LogP contribution >= 0.6 is 0 Å². The minimum atomic E-state index is -0.982. The molecule has 0 aliphatic rings. The molecule has 0 bridgehead atoms. The largest absolute Gasteiger partial charge is 0.478 e. The summed E-state index contributed by atoms with van der Waals surface area (Å²) in [5, 5.41) is 15.5. The van der Waals surface area contributed by atoms with E-state index in [1.54, 1.807) is 18.3 Å². The Morgan fingerprint density at radius 1 is 1.35 bits per heavy atom. The van der Waals surface area contributed by atoms with Gasteiger partial charge in [0.25, 0.3) is 0 Å². The smallest absolute Gasteiger partial charge is 0.335 e. The third kappa shape index (κ3) is 3.21. The topological polar surface area (TPSA) is 93.5 Å². The van der Waals surface area contributed by atoms with Crippen LogP contribution in [0.3, 0.4) is 0 Å². The van der Waals surface area contributed by atoms with E-state index in [1.807, 2.05) is 0 Å². The molecule has 0 fully saturated rings. The van der Waals surface area contributed by atoms with E-state index >= 15 is 0 Å². The molecule has 1 aromatic carbocycles. The summed E-state index contributed by atoms with van der Waals surface area (Å²) >= 11 is 0. The van der Waals surface area contributed by atoms with Crippen LogP contribution in [-0.2, 0) is 9.53 Å². The number of carbonyl (C=O) groups is 2. The summed E-state index contributed by atoms with van der Waals surface area (Å²) in [7, 11) is 1.44. The number of amides is 1. The standard InChI is InChI=1S/C13H13N3O4/c1-20-8-12(17)15-10-6-14-16(7-10)11-4-2-9(3-5-11)13(18)19/h2-7H,8H2,1H3,(H,15,17)(H,18,19). The molecule has 2 rings (SSSR count). The summed E-state index contributed by atoms with van der Waals surface area (Å²) in [6.45, 7) is -0.0293. The van der Waals surface area contributed by atoms with Crippen LogP contribution in [0.15, 0.2) is 36.7 Å². The first-order valence-corrected chi connectivity index (χ1v) is 5.77. The van der Waals surface area contributed by atoms with E-state index in [0.29, 0.717) is 11.4 Å². The fourth-order valence-corrected chi connectivity index (χ4v) is 1.61. The number of ether oxygens (including phenoxy) is 1. The zero-order chi connectivity index (χ0) is 14.5. The normalized spacial score (nSPS) is 10.2. The lowest BCUT2D eigenvalue weighted by Crippen LogP contribution is -2.16. The van der Waals surface area contributed by atoms with Gasteiger partial charge >= 0.3 is 5.97 Å². The number of hydrogen-bond donors (Lipinski definition) is 2. The zero-order valence-corrected chi connectivity index (χ0v) is 10.7. The fraction of sp³-hybridized carbons (Fsp3) is 0.154. The number of carboxylic acid groups (broad SMARTS) is 1. The van der Waals surface area contributed by atoms with E-state index in [2.05, 4.69) is 10.4 Å². The van der Waals surface area contributed by atoms with Crippen molar-refractivity contribution in [2.24, 2.45) is 0 Å². The number of anilines is 1. The van der Waals surface area contributed by atoms with E-state index in [9.17, 15) is 9.59 Å². The number of carbonyl (C=O) groups excluding carboxylic acids is 1. The lowest BCUT2D eigenvalue weighted by Gasteiger charge is -2.02. The minimum Gasteiger partial charge on any atom is -0.478 e. The lowest BCUT2D eigenvalue weighted by atomic mass is 10.2. The molecule has 2 aromatic rings. The quantitative estimate of drug-likeness (QED) is 0.854. The van der Waals surface area contributed by atoms with E-state index in [-0.39, 0.29) is 18.1 Å². The summed E-state index contributed by atoms with van der Waals surface area (Å²) in [6.07, 6.45) is 3.13. The van der Waals surface area contributed by atoms with Crippen LogP contribution in [-0.4, -0.2) is 40.5 Å². The molecule has 20 heavy (non-hydrogen) atoms. The number of hydrogen-bond acceptors (Lipinski definition) is 4. The molecule has 0 aliphatic heterocycles. The highest BCUT2D eigenvalue weighted by molar-refractivity contribution is 5.91. The molecule has 104 valence electrons. The van der Waals surface area contributed by atoms with Crippen LogP contribution in [0.1, 0.15) is 10.4 Å². The first-order chi connectivity index (χ1) is 9.60. The maximum Gasteiger partial charge on any atom is 0.335 e. The van der Waals surface area contributed by atoms with Crippen molar-refractivity contribution in [3.63, 3.8) is 0 Å². The maximum absolute atomic E-state index is 11.3. The van der Waals surface area contributed by atoms with Crippen LogP contribution in [0.2, 0.25) is 0 Å². The zero-order valence-electron chi connectivity index (χ0n) is 10.7. The molecule has 0 atom stereocenters. The summed E-state index contributed by atoms with van der Waals surface area (Å²) in [6, 6.07) is 6.25. The van der Waals surface area contributed by atoms with Gasteiger partial charge in [0, 0.05) is 7.11 Å². The van der Waals surface area contributed by atoms with Gasteiger partial charge in [-0.25, -0.2) is 9.48 Å². The monoisotopic (exact) mass is 275 g/mol. The molecule has 1 aromatic heterocycles. The van der Waals surface area contributed by atoms with Crippen molar-refractivity contribution in [3.8, 4) is 5.69 Å². The second kappa shape index (κ2) is 5.98. The molecule has 0 radical (unpaired) electrons. The van der Waals surface area contributed by atoms with Crippen molar-refractivity contribution >= 4 is 17.6 Å². The van der Waals surface area contributed by atoms with Gasteiger partial charge < -0.3 is 15.2 Å². The molecule has 1 amide bonds. The number of rotatable bonds is 5. The third-order valence-corrected chi connectivity index (χ3v) is 2.52. The van der Waals surface area contributed by atoms with Crippen molar-refractivity contribution in [1.82, 2.24) is 9.78 Å². The molecule has 0 unspecified atom stereocenters. The lowest BCUT2D eigenvalue weighted by molar-refractivity contribution is -0.119. The number of nitrogens with one attached hydrogen (secondary N) is 1. The fourth-order valence-electron chi connectivity index (χ4n) is 1.61. The summed E-state index contributed by atoms with van der Waals surface area (Å²) in [5.74, 6) is -1.25. The van der Waals surface area contributed by atoms with Gasteiger partial charge in [-0.3, -0.25) is 4.79 Å². The van der Waals surface area contributed by atoms with Gasteiger partial charge in [-0.15, -0.1) is 0 Å². The van der Waals surface area contributed by atoms with Crippen LogP contribution in [0.4, 0.5) is 5.69 Å². The van der Waals surface area contributed by atoms with E-state index < -0.39 is 5.97 Å². The van der Waals surface area contributed by atoms with Gasteiger partial charge in [-0.1, -0.05) is 0 Å². The second-order valence-corrected chi connectivity index (χ2v) is 4.01. The van der Waals surface area contributed by atoms with Gasteiger partial charge in [0.05, 0.1) is 29.3 Å². The Kier molecular flexibility index (Phi) is 4.11. The molecule has 7 heteroatoms. The van der Waals surface area contributed by atoms with E-state index in [4.69, 9.17) is 9.84 Å². The first kappa shape index (κ1) is 13.8. The molecule has 0 saturated heterocycles. The molecule has 2 N–H and O–H groups in total. The van der Waals surface area contributed by atoms with Gasteiger partial charge in [-0.2, -0.15) is 5.10 Å². The minimum absolute atomic E-state index is 0.0293. The average Bonchev–Trinajstić information content (AvgIpc) is 2.87. The summed E-state index contributed by atoms with van der Waals surface area (Å²) < 4.78 is 6.24. The molecular formula is C13H13N3O4. The number of carboxylic acids is 1. The van der Waals surface area contributed by atoms with Crippen LogP contribution in [0.5, 0.6) is 0 Å². The molecular weight excluding hydrogens is 262 g/mol. The number of methoxy groups -OCH3 is 1. The Labute approximate surface area is 114 Å². The van der Waals surface area contributed by atoms with Crippen LogP contribution < -0.4 is 5.32 Å². The van der Waals surface area contributed by atoms with Crippen molar-refractivity contribution in [3.05, 3.63) is 42.2 Å². The van der Waals surface area contributed by atoms with Gasteiger partial charge in [0.2, 0.25) is 5.91 Å². The molecule has 7 nitrogen and oxygen atoms in total. The predicted octanol–water partition coefficient (Wildman–Crippen LogP) is 1.16. The highest BCUT2D eigenvalue weighted by Crippen LogP contribution is 2.12. The Morgan fingerprint density at radius 2 is 2.05 bits per heavy atom. The Morgan fingerprint density at radius 3 is 2.65 bits per heavy atom. The van der Waals surface area contributed by atoms with E-state index in [0.717, 1.165) is 0 Å². The number of aromatic carboxylic acids is 1. The summed E-state index contributed by atoms with van der Waals surface area (Å²) in [4.78, 5) is 22.1. The molecule has 0 spiro atoms. The molecule has 1 heterocycles. The van der Waals surface area contributed by atoms with Crippen molar-refractivity contribution < 1.29 is 19.4 Å². The van der Waals surface area contributed by atoms with Crippen LogP contribution in [0.25, 0.3) is 5.69 Å². The Hall–Kier alpha value is -2.67. The van der Waals surface area contributed by atoms with Crippen molar-refractivity contribution in [2.45, 2.75) is 0 Å². The van der Waals surface area contributed by atoms with E-state index in [1.165, 1.54) is 30.1 Å². The number of benzene rings is 1. The summed E-state index contributed by atoms with van der Waals surface area (Å²) in [5.41, 5.74) is 1.44. The third-order valence-electron chi connectivity index (χ3n) is 2.52. The highest BCUT2D eigenvalue weighted by Gasteiger charge is 2.06. The van der Waals surface area contributed by atoms with Crippen molar-refractivity contribution in [2.75, 3.05) is 19.0 Å². The highest BCUT2D eigenvalue weighted by atomic mass is 16.5. The van der Waals surface area contributed by atoms with Gasteiger partial charge in [0.1, 0.15) is 6.61 Å². The number of aromatic nitrogens is 2. The van der Waals surface area contributed by atoms with Gasteiger partial charge in [-0.05, 0) is 24.3 Å². The Balaban J connectivity index is 2.12. The van der Waals surface area contributed by atoms with Crippen molar-refractivity contribution in [1.29, 1.82) is 0 Å². The second-order valence-electron chi connectivity index (χ2n) is 4.01.